The lowest BCUT2D eigenvalue weighted by Gasteiger charge is -2.39. The number of nitrogens with two attached hydrogens (primary N) is 1. The fourth-order valence-electron chi connectivity index (χ4n) is 7.61. The highest BCUT2D eigenvalue weighted by Gasteiger charge is 2.34. The average Bonchev–Trinajstić information content (AvgIpc) is 3.65. The average molecular weight is 753 g/mol. The molecule has 53 heavy (non-hydrogen) atoms. The van der Waals surface area contributed by atoms with Gasteiger partial charge in [-0.1, -0.05) is 35.6 Å². The first-order valence-electron chi connectivity index (χ1n) is 18.2. The molecule has 3 aliphatic rings. The number of aryl methyl sites for hydroxylation is 2. The summed E-state index contributed by atoms with van der Waals surface area (Å²) in [7, 11) is 1.37. The number of anilines is 1. The number of methoxy groups -OCH3 is 1. The van der Waals surface area contributed by atoms with Crippen LogP contribution < -0.4 is 10.6 Å². The number of likely N-dealkylation sites (tertiary alicyclic amines) is 1. The van der Waals surface area contributed by atoms with Crippen LogP contribution in [0, 0.1) is 38.5 Å². The number of hydrogen-bond acceptors (Lipinski definition) is 10. The lowest BCUT2D eigenvalue weighted by molar-refractivity contribution is -0.133. The van der Waals surface area contributed by atoms with Gasteiger partial charge in [0.1, 0.15) is 16.9 Å². The molecule has 1 amide bonds. The minimum atomic E-state index is -0.469. The van der Waals surface area contributed by atoms with Crippen molar-refractivity contribution in [1.82, 2.24) is 24.6 Å². The summed E-state index contributed by atoms with van der Waals surface area (Å²) >= 11 is 7.98. The Bertz CT molecular complexity index is 2100. The Morgan fingerprint density at radius 3 is 2.43 bits per heavy atom. The number of benzene rings is 2. The van der Waals surface area contributed by atoms with Gasteiger partial charge in [-0.3, -0.25) is 19.3 Å². The van der Waals surface area contributed by atoms with Gasteiger partial charge >= 0.3 is 5.97 Å². The highest BCUT2D eigenvalue weighted by Crippen LogP contribution is 2.40. The maximum Gasteiger partial charge on any atom is 0.339 e. The number of nitrogens with zero attached hydrogens (tertiary/aromatic N) is 7. The number of halogens is 1. The number of esters is 1. The fourth-order valence-corrected chi connectivity index (χ4v) is 8.95. The largest absolute Gasteiger partial charge is 0.465 e. The van der Waals surface area contributed by atoms with Crippen molar-refractivity contribution in [3.05, 3.63) is 91.8 Å². The van der Waals surface area contributed by atoms with Crippen molar-refractivity contribution in [2.45, 2.75) is 46.1 Å². The first-order chi connectivity index (χ1) is 25.6. The maximum absolute atomic E-state index is 14.0. The lowest BCUT2D eigenvalue weighted by Crippen LogP contribution is -2.49. The lowest BCUT2D eigenvalue weighted by atomic mass is 9.95. The first kappa shape index (κ1) is 36.8. The summed E-state index contributed by atoms with van der Waals surface area (Å²) in [5, 5.41) is 10.7. The Hall–Kier alpha value is -4.54. The minimum Gasteiger partial charge on any atom is -0.465 e. The molecule has 2 aromatic carbocycles. The van der Waals surface area contributed by atoms with E-state index in [-0.39, 0.29) is 18.9 Å². The Morgan fingerprint density at radius 2 is 1.74 bits per heavy atom. The van der Waals surface area contributed by atoms with Gasteiger partial charge in [-0.05, 0) is 75.4 Å². The number of hydrogen-bond donors (Lipinski definition) is 1. The summed E-state index contributed by atoms with van der Waals surface area (Å²) in [6.45, 7) is 12.6. The molecule has 3 aliphatic heterocycles. The molecule has 5 heterocycles. The number of piperazine rings is 1. The molecule has 0 aliphatic carbocycles. The number of thiophene rings is 1. The molecule has 0 spiro atoms. The highest BCUT2D eigenvalue weighted by atomic mass is 35.5. The van der Waals surface area contributed by atoms with Gasteiger partial charge in [0.25, 0.3) is 0 Å². The summed E-state index contributed by atoms with van der Waals surface area (Å²) < 4.78 is 7.04. The second-order valence-corrected chi connectivity index (χ2v) is 15.6. The molecule has 7 rings (SSSR count). The summed E-state index contributed by atoms with van der Waals surface area (Å²) in [6, 6.07) is 13.0. The Labute approximate surface area is 319 Å². The topological polar surface area (TPSA) is 122 Å². The van der Waals surface area contributed by atoms with Crippen molar-refractivity contribution < 1.29 is 14.3 Å². The molecule has 0 saturated carbocycles. The molecule has 13 heteroatoms. The van der Waals surface area contributed by atoms with Crippen molar-refractivity contribution >= 4 is 46.2 Å². The third-order valence-electron chi connectivity index (χ3n) is 10.7. The summed E-state index contributed by atoms with van der Waals surface area (Å²) in [5.74, 6) is 7.61. The second-order valence-electron chi connectivity index (χ2n) is 13.9. The van der Waals surface area contributed by atoms with Gasteiger partial charge in [0, 0.05) is 78.1 Å². The minimum absolute atomic E-state index is 0.0976. The summed E-state index contributed by atoms with van der Waals surface area (Å²) in [4.78, 5) is 39.6. The highest BCUT2D eigenvalue weighted by molar-refractivity contribution is 7.15. The molecule has 2 saturated heterocycles. The molecule has 2 aromatic heterocycles. The number of ether oxygens (including phenoxy) is 1. The van der Waals surface area contributed by atoms with E-state index in [4.69, 9.17) is 27.1 Å². The number of carbonyl (C=O) groups excluding carboxylic acids is 2. The fraction of sp³-hybridized carbons (Fsp3) is 0.425. The van der Waals surface area contributed by atoms with Gasteiger partial charge in [0.15, 0.2) is 5.82 Å². The Morgan fingerprint density at radius 1 is 1.00 bits per heavy atom. The van der Waals surface area contributed by atoms with Crippen LogP contribution in [0.1, 0.15) is 74.4 Å². The SMILES string of the molecule is COC(=O)c1ccc(N2CCN(CC3CCN(C(=O)C[C@@H]4N=C(c5ccc(Cl)cc5)c5c(sc(C)c5C)-n5c(C)nnc54)CC3)CC2)cc1C#CCN. The molecule has 0 unspecified atom stereocenters. The van der Waals surface area contributed by atoms with E-state index in [1.807, 2.05) is 48.2 Å². The van der Waals surface area contributed by atoms with E-state index in [1.165, 1.54) is 17.6 Å². The van der Waals surface area contributed by atoms with Gasteiger partial charge in [-0.2, -0.15) is 0 Å². The van der Waals surface area contributed by atoms with Crippen LogP contribution in [0.25, 0.3) is 5.00 Å². The third-order valence-corrected chi connectivity index (χ3v) is 12.1. The van der Waals surface area contributed by atoms with Crippen LogP contribution in [-0.2, 0) is 9.53 Å². The van der Waals surface area contributed by atoms with E-state index in [9.17, 15) is 9.59 Å². The first-order valence-corrected chi connectivity index (χ1v) is 19.4. The molecule has 11 nitrogen and oxygen atoms in total. The smallest absolute Gasteiger partial charge is 0.339 e. The number of carbonyl (C=O) groups is 2. The molecular weight excluding hydrogens is 708 g/mol. The standard InChI is InChI=1S/C40H45ClN8O3S/c1-25-26(2)53-39-36(25)37(29-7-9-31(41)10-8-29)43-34(38-45-44-27(3)49(38)39)23-35(50)48-16-13-28(14-17-48)24-46-18-20-47(21-19-46)32-11-12-33(40(51)52-4)30(22-32)6-5-15-42/h7-12,22,28,34H,13-21,23-24,42H2,1-4H3/t34-/m0/s1. The van der Waals surface area contributed by atoms with Crippen LogP contribution >= 0.6 is 22.9 Å². The molecule has 276 valence electrons. The van der Waals surface area contributed by atoms with Crippen LogP contribution in [0.5, 0.6) is 0 Å². The van der Waals surface area contributed by atoms with Crippen LogP contribution in [0.2, 0.25) is 5.02 Å². The molecule has 4 aromatic rings. The normalized spacial score (nSPS) is 17.7. The van der Waals surface area contributed by atoms with E-state index in [2.05, 4.69) is 50.3 Å². The van der Waals surface area contributed by atoms with Gasteiger partial charge in [-0.15, -0.1) is 21.5 Å². The summed E-state index contributed by atoms with van der Waals surface area (Å²) in [5.41, 5.74) is 11.8. The van der Waals surface area contributed by atoms with Crippen molar-refractivity contribution in [1.29, 1.82) is 0 Å². The van der Waals surface area contributed by atoms with Crippen molar-refractivity contribution in [3.8, 4) is 16.8 Å². The van der Waals surface area contributed by atoms with Crippen LogP contribution in [-0.4, -0.2) is 102 Å². The quantitative estimate of drug-likeness (QED) is 0.198. The number of rotatable bonds is 7. The molecule has 1 atom stereocenters. The zero-order valence-electron chi connectivity index (χ0n) is 30.7. The predicted molar refractivity (Wildman–Crippen MR) is 210 cm³/mol. The number of fused-ring (bicyclic) bond motifs is 3. The van der Waals surface area contributed by atoms with Crippen LogP contribution in [0.3, 0.4) is 0 Å². The van der Waals surface area contributed by atoms with E-state index in [1.54, 1.807) is 17.4 Å². The molecule has 0 radical (unpaired) electrons. The Kier molecular flexibility index (Phi) is 11.0. The monoisotopic (exact) mass is 752 g/mol. The number of aliphatic imine (C=N–C) groups is 1. The predicted octanol–water partition coefficient (Wildman–Crippen LogP) is 5.35. The van der Waals surface area contributed by atoms with E-state index in [0.29, 0.717) is 27.9 Å². The maximum atomic E-state index is 14.0. The van der Waals surface area contributed by atoms with Crippen molar-refractivity contribution in [2.24, 2.45) is 16.6 Å². The number of aromatic nitrogens is 3. The summed E-state index contributed by atoms with van der Waals surface area (Å²) in [6.07, 6.45) is 2.17. The van der Waals surface area contributed by atoms with Crippen LogP contribution in [0.15, 0.2) is 47.5 Å². The van der Waals surface area contributed by atoms with Crippen molar-refractivity contribution in [2.75, 3.05) is 64.4 Å². The second kappa shape index (κ2) is 15.8. The van der Waals surface area contributed by atoms with Gasteiger partial charge < -0.3 is 20.3 Å². The van der Waals surface area contributed by atoms with Crippen molar-refractivity contribution in [3.63, 3.8) is 0 Å². The van der Waals surface area contributed by atoms with E-state index in [0.717, 1.165) is 92.0 Å². The van der Waals surface area contributed by atoms with Gasteiger partial charge in [-0.25, -0.2) is 4.79 Å². The zero-order valence-corrected chi connectivity index (χ0v) is 32.3. The zero-order chi connectivity index (χ0) is 37.2. The van der Waals surface area contributed by atoms with Crippen LogP contribution in [0.4, 0.5) is 5.69 Å². The number of piperidine rings is 1. The third kappa shape index (κ3) is 7.62. The molecule has 2 N–H and O–H groups in total. The molecule has 0 bridgehead atoms. The van der Waals surface area contributed by atoms with Gasteiger partial charge in [0.05, 0.1) is 31.4 Å². The van der Waals surface area contributed by atoms with E-state index >= 15 is 0 Å². The van der Waals surface area contributed by atoms with Gasteiger partial charge in [0.2, 0.25) is 5.91 Å². The van der Waals surface area contributed by atoms with E-state index < -0.39 is 12.0 Å². The Balaban J connectivity index is 0.983. The molecule has 2 fully saturated rings. The number of amides is 1. The molecular formula is C40H45ClN8O3S.